The molecule has 0 radical (unpaired) electrons. The first kappa shape index (κ1) is 24.2. The quantitative estimate of drug-likeness (QED) is 0.478. The van der Waals surface area contributed by atoms with Gasteiger partial charge in [0.15, 0.2) is 0 Å². The van der Waals surface area contributed by atoms with Gasteiger partial charge in [0.1, 0.15) is 6.54 Å². The maximum absolute atomic E-state index is 12.2. The van der Waals surface area contributed by atoms with Gasteiger partial charge in [0, 0.05) is 22.3 Å². The van der Waals surface area contributed by atoms with Crippen LogP contribution in [0.5, 0.6) is 0 Å². The topological polar surface area (TPSA) is 66.5 Å². The predicted molar refractivity (Wildman–Crippen MR) is 124 cm³/mol. The van der Waals surface area contributed by atoms with E-state index in [1.54, 1.807) is 11.8 Å². The zero-order valence-electron chi connectivity index (χ0n) is 15.7. The Balaban J connectivity index is 1.80. The van der Waals surface area contributed by atoms with Gasteiger partial charge in [0.25, 0.3) is 0 Å². The van der Waals surface area contributed by atoms with Gasteiger partial charge in [-0.1, -0.05) is 46.9 Å². The van der Waals surface area contributed by atoms with Gasteiger partial charge in [-0.15, -0.1) is 0 Å². The number of hydrogen-bond donors (Lipinski definition) is 1. The van der Waals surface area contributed by atoms with Crippen molar-refractivity contribution >= 4 is 68.2 Å². The van der Waals surface area contributed by atoms with Gasteiger partial charge in [0.2, 0.25) is 15.9 Å². The van der Waals surface area contributed by atoms with Gasteiger partial charge < -0.3 is 5.32 Å². The minimum absolute atomic E-state index is 0.160. The Bertz CT molecular complexity index is 955. The lowest BCUT2D eigenvalue weighted by Gasteiger charge is -2.23. The lowest BCUT2D eigenvalue weighted by atomic mass is 10.2. The average molecular weight is 496 g/mol. The Morgan fingerprint density at radius 1 is 1.10 bits per heavy atom. The molecular formula is C19H21Cl3N2O3S2. The van der Waals surface area contributed by atoms with E-state index in [9.17, 15) is 13.2 Å². The van der Waals surface area contributed by atoms with E-state index >= 15 is 0 Å². The SMILES string of the molecule is CS(=O)(=O)N(CC(=O)NCCCSCc1cccc(Cl)c1)c1ccc(Cl)cc1Cl. The van der Waals surface area contributed by atoms with Gasteiger partial charge >= 0.3 is 0 Å². The highest BCUT2D eigenvalue weighted by atomic mass is 35.5. The molecule has 0 unspecified atom stereocenters. The third kappa shape index (κ3) is 8.26. The molecule has 0 aromatic heterocycles. The maximum atomic E-state index is 12.2. The molecule has 0 saturated heterocycles. The first-order valence-electron chi connectivity index (χ1n) is 8.68. The number of thioether (sulfide) groups is 1. The molecule has 2 aromatic rings. The average Bonchev–Trinajstić information content (AvgIpc) is 2.62. The molecule has 0 aliphatic heterocycles. The molecule has 0 spiro atoms. The van der Waals surface area contributed by atoms with Crippen LogP contribution < -0.4 is 9.62 Å². The van der Waals surface area contributed by atoms with Gasteiger partial charge in [-0.25, -0.2) is 8.42 Å². The molecule has 10 heteroatoms. The summed E-state index contributed by atoms with van der Waals surface area (Å²) in [6, 6.07) is 12.1. The van der Waals surface area contributed by atoms with Crippen molar-refractivity contribution in [2.24, 2.45) is 0 Å². The van der Waals surface area contributed by atoms with E-state index in [4.69, 9.17) is 34.8 Å². The zero-order chi connectivity index (χ0) is 21.4. The van der Waals surface area contributed by atoms with E-state index in [1.165, 1.54) is 18.2 Å². The van der Waals surface area contributed by atoms with E-state index in [-0.39, 0.29) is 17.3 Å². The summed E-state index contributed by atoms with van der Waals surface area (Å²) in [6.45, 7) is 0.100. The standard InChI is InChI=1S/C19H21Cl3N2O3S2/c1-29(26,27)24(18-7-6-16(21)11-17(18)22)12-19(25)23-8-3-9-28-13-14-4-2-5-15(20)10-14/h2,4-7,10-11H,3,8-9,12-13H2,1H3,(H,23,25). The van der Waals surface area contributed by atoms with Crippen LogP contribution >= 0.6 is 46.6 Å². The fourth-order valence-electron chi connectivity index (χ4n) is 2.47. The van der Waals surface area contributed by atoms with Crippen LogP contribution in [-0.4, -0.2) is 39.4 Å². The molecule has 0 aliphatic carbocycles. The number of benzene rings is 2. The van der Waals surface area contributed by atoms with Crippen LogP contribution in [0.15, 0.2) is 42.5 Å². The van der Waals surface area contributed by atoms with E-state index in [1.807, 2.05) is 24.3 Å². The normalized spacial score (nSPS) is 11.3. The lowest BCUT2D eigenvalue weighted by Crippen LogP contribution is -2.40. The minimum Gasteiger partial charge on any atom is -0.354 e. The summed E-state index contributed by atoms with van der Waals surface area (Å²) < 4.78 is 25.2. The van der Waals surface area contributed by atoms with Crippen molar-refractivity contribution in [1.29, 1.82) is 0 Å². The van der Waals surface area contributed by atoms with Crippen molar-refractivity contribution in [3.8, 4) is 0 Å². The molecule has 0 aliphatic rings. The van der Waals surface area contributed by atoms with E-state index in [2.05, 4.69) is 5.32 Å². The second kappa shape index (κ2) is 11.3. The third-order valence-electron chi connectivity index (χ3n) is 3.81. The second-order valence-corrected chi connectivity index (χ2v) is 10.5. The molecule has 1 N–H and O–H groups in total. The van der Waals surface area contributed by atoms with Crippen molar-refractivity contribution in [1.82, 2.24) is 5.32 Å². The van der Waals surface area contributed by atoms with Crippen molar-refractivity contribution in [2.45, 2.75) is 12.2 Å². The monoisotopic (exact) mass is 494 g/mol. The lowest BCUT2D eigenvalue weighted by molar-refractivity contribution is -0.119. The summed E-state index contributed by atoms with van der Waals surface area (Å²) >= 11 is 19.7. The Labute approximate surface area is 190 Å². The number of nitrogens with zero attached hydrogens (tertiary/aromatic N) is 1. The number of sulfonamides is 1. The number of hydrogen-bond acceptors (Lipinski definition) is 4. The first-order chi connectivity index (χ1) is 13.7. The largest absolute Gasteiger partial charge is 0.354 e. The Kier molecular flexibility index (Phi) is 9.43. The molecule has 0 fully saturated rings. The molecule has 29 heavy (non-hydrogen) atoms. The van der Waals surface area contributed by atoms with Gasteiger partial charge in [0.05, 0.1) is 17.0 Å². The number of amides is 1. The van der Waals surface area contributed by atoms with Crippen LogP contribution in [0.3, 0.4) is 0 Å². The molecule has 5 nitrogen and oxygen atoms in total. The third-order valence-corrected chi connectivity index (χ3v) is 6.83. The predicted octanol–water partition coefficient (Wildman–Crippen LogP) is 4.85. The number of anilines is 1. The summed E-state index contributed by atoms with van der Waals surface area (Å²) in [5, 5.41) is 4.00. The van der Waals surface area contributed by atoms with E-state index in [0.717, 1.165) is 34.1 Å². The zero-order valence-corrected chi connectivity index (χ0v) is 19.6. The van der Waals surface area contributed by atoms with Gasteiger partial charge in [-0.3, -0.25) is 9.10 Å². The molecule has 158 valence electrons. The summed E-state index contributed by atoms with van der Waals surface area (Å²) in [5.41, 5.74) is 1.36. The number of carbonyl (C=O) groups excluding carboxylic acids is 1. The Morgan fingerprint density at radius 2 is 1.83 bits per heavy atom. The van der Waals surface area contributed by atoms with Crippen LogP contribution in [0.4, 0.5) is 5.69 Å². The number of carbonyl (C=O) groups is 1. The molecule has 0 bridgehead atoms. The molecule has 2 aromatic carbocycles. The fraction of sp³-hybridized carbons (Fsp3) is 0.316. The highest BCUT2D eigenvalue weighted by Gasteiger charge is 2.23. The maximum Gasteiger partial charge on any atom is 0.240 e. The van der Waals surface area contributed by atoms with Gasteiger partial charge in [-0.05, 0) is 48.1 Å². The van der Waals surface area contributed by atoms with Crippen LogP contribution in [0.25, 0.3) is 0 Å². The van der Waals surface area contributed by atoms with E-state index in [0.29, 0.717) is 16.6 Å². The summed E-state index contributed by atoms with van der Waals surface area (Å²) in [6.07, 6.45) is 1.79. The molecule has 2 rings (SSSR count). The van der Waals surface area contributed by atoms with Crippen molar-refractivity contribution in [3.05, 3.63) is 63.1 Å². The molecular weight excluding hydrogens is 475 g/mol. The summed E-state index contributed by atoms with van der Waals surface area (Å²) in [7, 11) is -3.69. The van der Waals surface area contributed by atoms with Gasteiger partial charge in [-0.2, -0.15) is 11.8 Å². The molecule has 0 heterocycles. The van der Waals surface area contributed by atoms with E-state index < -0.39 is 15.9 Å². The fourth-order valence-corrected chi connectivity index (χ4v) is 5.02. The van der Waals surface area contributed by atoms with Crippen molar-refractivity contribution in [2.75, 3.05) is 29.4 Å². The minimum atomic E-state index is -3.69. The summed E-state index contributed by atoms with van der Waals surface area (Å²) in [5.74, 6) is 1.29. The van der Waals surface area contributed by atoms with Crippen molar-refractivity contribution in [3.63, 3.8) is 0 Å². The first-order valence-corrected chi connectivity index (χ1v) is 12.8. The Hall–Kier alpha value is -1.12. The van der Waals surface area contributed by atoms with Crippen LogP contribution in [0.2, 0.25) is 15.1 Å². The van der Waals surface area contributed by atoms with Crippen LogP contribution in [-0.2, 0) is 20.6 Å². The number of halogens is 3. The Morgan fingerprint density at radius 3 is 2.48 bits per heavy atom. The molecule has 1 amide bonds. The molecule has 0 atom stereocenters. The number of nitrogens with one attached hydrogen (secondary N) is 1. The summed E-state index contributed by atoms with van der Waals surface area (Å²) in [4.78, 5) is 12.2. The van der Waals surface area contributed by atoms with Crippen LogP contribution in [0.1, 0.15) is 12.0 Å². The second-order valence-electron chi connectivity index (χ2n) is 6.25. The highest BCUT2D eigenvalue weighted by Crippen LogP contribution is 2.30. The highest BCUT2D eigenvalue weighted by molar-refractivity contribution is 7.98. The number of rotatable bonds is 10. The molecule has 0 saturated carbocycles. The van der Waals surface area contributed by atoms with Crippen LogP contribution in [0, 0.1) is 0 Å². The van der Waals surface area contributed by atoms with Crippen molar-refractivity contribution < 1.29 is 13.2 Å². The smallest absolute Gasteiger partial charge is 0.240 e.